The molecular formula is C12H13F3O2S. The summed E-state index contributed by atoms with van der Waals surface area (Å²) in [5.41, 5.74) is -0.126. The molecule has 0 aliphatic carbocycles. The maximum Gasteiger partial charge on any atom is 0.416 e. The van der Waals surface area contributed by atoms with Gasteiger partial charge in [0, 0.05) is 11.0 Å². The molecule has 1 aromatic carbocycles. The minimum absolute atomic E-state index is 0.00360. The van der Waals surface area contributed by atoms with Gasteiger partial charge in [0.25, 0.3) is 0 Å². The van der Waals surface area contributed by atoms with E-state index < -0.39 is 17.7 Å². The van der Waals surface area contributed by atoms with Gasteiger partial charge in [-0.15, -0.1) is 0 Å². The Bertz CT molecular complexity index is 418. The van der Waals surface area contributed by atoms with Gasteiger partial charge in [0.2, 0.25) is 0 Å². The highest BCUT2D eigenvalue weighted by atomic mass is 32.2. The van der Waals surface area contributed by atoms with Crippen molar-refractivity contribution in [3.05, 3.63) is 35.4 Å². The van der Waals surface area contributed by atoms with Crippen LogP contribution in [0.15, 0.2) is 24.3 Å². The van der Waals surface area contributed by atoms with Crippen LogP contribution in [-0.2, 0) is 16.7 Å². The summed E-state index contributed by atoms with van der Waals surface area (Å²) in [5, 5.41) is 8.44. The van der Waals surface area contributed by atoms with Crippen LogP contribution in [0.4, 0.5) is 13.2 Å². The van der Waals surface area contributed by atoms with Gasteiger partial charge in [-0.2, -0.15) is 24.9 Å². The number of thioether (sulfide) groups is 1. The molecule has 100 valence electrons. The number of carbonyl (C=O) groups is 1. The van der Waals surface area contributed by atoms with Crippen molar-refractivity contribution in [3.8, 4) is 0 Å². The van der Waals surface area contributed by atoms with Gasteiger partial charge < -0.3 is 5.11 Å². The Labute approximate surface area is 107 Å². The zero-order chi connectivity index (χ0) is 13.8. The van der Waals surface area contributed by atoms with Gasteiger partial charge in [0.1, 0.15) is 0 Å². The topological polar surface area (TPSA) is 37.3 Å². The molecule has 0 fully saturated rings. The fourth-order valence-electron chi connectivity index (χ4n) is 1.38. The number of carboxylic acid groups (broad SMARTS) is 1. The summed E-state index contributed by atoms with van der Waals surface area (Å²) in [5.74, 6) is -0.530. The normalized spacial score (nSPS) is 13.3. The number of alkyl halides is 3. The second-order valence-corrected chi connectivity index (χ2v) is 5.34. The van der Waals surface area contributed by atoms with Crippen molar-refractivity contribution in [1.29, 1.82) is 0 Å². The fraction of sp³-hybridized carbons (Fsp3) is 0.417. The van der Waals surface area contributed by atoms with Crippen molar-refractivity contribution in [1.82, 2.24) is 0 Å². The van der Waals surface area contributed by atoms with Crippen molar-refractivity contribution in [2.24, 2.45) is 0 Å². The minimum Gasteiger partial charge on any atom is -0.481 e. The van der Waals surface area contributed by atoms with Crippen LogP contribution >= 0.6 is 11.8 Å². The SMILES string of the molecule is CC(CC(=O)O)SCc1cccc(C(F)(F)F)c1. The van der Waals surface area contributed by atoms with Crippen LogP contribution in [-0.4, -0.2) is 16.3 Å². The van der Waals surface area contributed by atoms with Crippen LogP contribution in [0.2, 0.25) is 0 Å². The average molecular weight is 278 g/mol. The first-order valence-electron chi connectivity index (χ1n) is 5.28. The highest BCUT2D eigenvalue weighted by molar-refractivity contribution is 7.99. The number of hydrogen-bond acceptors (Lipinski definition) is 2. The van der Waals surface area contributed by atoms with E-state index in [1.165, 1.54) is 17.8 Å². The molecule has 0 bridgehead atoms. The van der Waals surface area contributed by atoms with E-state index >= 15 is 0 Å². The second-order valence-electron chi connectivity index (χ2n) is 3.92. The highest BCUT2D eigenvalue weighted by Gasteiger charge is 2.30. The number of halogens is 3. The van der Waals surface area contributed by atoms with Crippen molar-refractivity contribution >= 4 is 17.7 Å². The molecule has 2 nitrogen and oxygen atoms in total. The predicted octanol–water partition coefficient (Wildman–Crippen LogP) is 3.80. The van der Waals surface area contributed by atoms with Gasteiger partial charge in [0.15, 0.2) is 0 Å². The van der Waals surface area contributed by atoms with Crippen molar-refractivity contribution in [2.45, 2.75) is 30.5 Å². The van der Waals surface area contributed by atoms with E-state index in [1.807, 2.05) is 0 Å². The molecule has 0 saturated heterocycles. The third-order valence-electron chi connectivity index (χ3n) is 2.25. The molecule has 18 heavy (non-hydrogen) atoms. The first-order chi connectivity index (χ1) is 8.29. The number of rotatable bonds is 5. The van der Waals surface area contributed by atoms with Gasteiger partial charge in [-0.05, 0) is 11.6 Å². The predicted molar refractivity (Wildman–Crippen MR) is 64.5 cm³/mol. The van der Waals surface area contributed by atoms with Crippen LogP contribution in [0.3, 0.4) is 0 Å². The van der Waals surface area contributed by atoms with Gasteiger partial charge in [-0.1, -0.05) is 25.1 Å². The Morgan fingerprint density at radius 3 is 2.67 bits per heavy atom. The molecule has 6 heteroatoms. The van der Waals surface area contributed by atoms with Gasteiger partial charge in [0.05, 0.1) is 12.0 Å². The molecule has 1 N–H and O–H groups in total. The zero-order valence-electron chi connectivity index (χ0n) is 9.70. The van der Waals surface area contributed by atoms with E-state index in [0.717, 1.165) is 12.1 Å². The van der Waals surface area contributed by atoms with E-state index in [2.05, 4.69) is 0 Å². The third-order valence-corrected chi connectivity index (χ3v) is 3.49. The van der Waals surface area contributed by atoms with Gasteiger partial charge >= 0.3 is 12.1 Å². The van der Waals surface area contributed by atoms with E-state index in [-0.39, 0.29) is 11.7 Å². The largest absolute Gasteiger partial charge is 0.481 e. The lowest BCUT2D eigenvalue weighted by molar-refractivity contribution is -0.138. The molecule has 0 amide bonds. The highest BCUT2D eigenvalue weighted by Crippen LogP contribution is 2.30. The standard InChI is InChI=1S/C12H13F3O2S/c1-8(5-11(16)17)18-7-9-3-2-4-10(6-9)12(13,14)15/h2-4,6,8H,5,7H2,1H3,(H,16,17). The van der Waals surface area contributed by atoms with Crippen molar-refractivity contribution in [3.63, 3.8) is 0 Å². The second kappa shape index (κ2) is 6.13. The van der Waals surface area contributed by atoms with Gasteiger partial charge in [-0.3, -0.25) is 4.79 Å². The lowest BCUT2D eigenvalue weighted by Gasteiger charge is -2.11. The van der Waals surface area contributed by atoms with Crippen LogP contribution in [0.1, 0.15) is 24.5 Å². The Hall–Kier alpha value is -1.17. The summed E-state index contributed by atoms with van der Waals surface area (Å²) in [7, 11) is 0. The Morgan fingerprint density at radius 1 is 1.44 bits per heavy atom. The average Bonchev–Trinajstić information content (AvgIpc) is 2.25. The summed E-state index contributed by atoms with van der Waals surface area (Å²) < 4.78 is 37.4. The molecule has 1 atom stereocenters. The first kappa shape index (κ1) is 14.9. The zero-order valence-corrected chi connectivity index (χ0v) is 10.5. The van der Waals surface area contributed by atoms with Crippen LogP contribution in [0, 0.1) is 0 Å². The number of hydrogen-bond donors (Lipinski definition) is 1. The van der Waals surface area contributed by atoms with Crippen molar-refractivity contribution in [2.75, 3.05) is 0 Å². The minimum atomic E-state index is -4.34. The first-order valence-corrected chi connectivity index (χ1v) is 6.33. The Balaban J connectivity index is 2.60. The smallest absolute Gasteiger partial charge is 0.416 e. The van der Waals surface area contributed by atoms with E-state index in [4.69, 9.17) is 5.11 Å². The fourth-order valence-corrected chi connectivity index (χ4v) is 2.30. The van der Waals surface area contributed by atoms with Crippen LogP contribution in [0.5, 0.6) is 0 Å². The lowest BCUT2D eigenvalue weighted by Crippen LogP contribution is -2.07. The molecule has 0 heterocycles. The number of carboxylic acids is 1. The van der Waals surface area contributed by atoms with E-state index in [9.17, 15) is 18.0 Å². The van der Waals surface area contributed by atoms with E-state index in [1.54, 1.807) is 13.0 Å². The van der Waals surface area contributed by atoms with Crippen molar-refractivity contribution < 1.29 is 23.1 Å². The third kappa shape index (κ3) is 5.00. The summed E-state index contributed by atoms with van der Waals surface area (Å²) in [6.45, 7) is 1.74. The van der Waals surface area contributed by atoms with Crippen LogP contribution in [0.25, 0.3) is 0 Å². The summed E-state index contributed by atoms with van der Waals surface area (Å²) in [6.07, 6.45) is -4.34. The molecular weight excluding hydrogens is 265 g/mol. The summed E-state index contributed by atoms with van der Waals surface area (Å²) >= 11 is 1.33. The molecule has 0 aromatic heterocycles. The molecule has 0 saturated carbocycles. The van der Waals surface area contributed by atoms with Gasteiger partial charge in [-0.25, -0.2) is 0 Å². The Kier molecular flexibility index (Phi) is 5.07. The number of benzene rings is 1. The van der Waals surface area contributed by atoms with Crippen LogP contribution < -0.4 is 0 Å². The molecule has 0 aliphatic heterocycles. The van der Waals surface area contributed by atoms with E-state index in [0.29, 0.717) is 11.3 Å². The molecule has 0 spiro atoms. The summed E-state index contributed by atoms with van der Waals surface area (Å²) in [6, 6.07) is 5.09. The monoisotopic (exact) mass is 278 g/mol. The molecule has 0 radical (unpaired) electrons. The maximum absolute atomic E-state index is 12.5. The molecule has 1 unspecified atom stereocenters. The number of aliphatic carboxylic acids is 1. The molecule has 1 rings (SSSR count). The molecule has 1 aromatic rings. The molecule has 0 aliphatic rings. The summed E-state index contributed by atoms with van der Waals surface area (Å²) in [4.78, 5) is 10.4. The Morgan fingerprint density at radius 2 is 2.11 bits per heavy atom. The quantitative estimate of drug-likeness (QED) is 0.890. The lowest BCUT2D eigenvalue weighted by atomic mass is 10.1. The maximum atomic E-state index is 12.5.